The molecule has 4 N–H and O–H groups in total. The molecule has 39 heavy (non-hydrogen) atoms. The van der Waals surface area contributed by atoms with Gasteiger partial charge in [0.2, 0.25) is 0 Å². The number of hydrogen-bond donors (Lipinski definition) is 3. The fourth-order valence-corrected chi connectivity index (χ4v) is 5.49. The van der Waals surface area contributed by atoms with Crippen molar-refractivity contribution in [2.24, 2.45) is 11.7 Å². The van der Waals surface area contributed by atoms with E-state index in [0.717, 1.165) is 72.3 Å². The lowest BCUT2D eigenvalue weighted by Crippen LogP contribution is -2.43. The smallest absolute Gasteiger partial charge is 0.169 e. The van der Waals surface area contributed by atoms with Crippen LogP contribution in [0.3, 0.4) is 0 Å². The van der Waals surface area contributed by atoms with Crippen molar-refractivity contribution >= 4 is 69.5 Å². The Labute approximate surface area is 242 Å². The van der Waals surface area contributed by atoms with Crippen LogP contribution in [0.15, 0.2) is 54.9 Å². The second-order valence-electron chi connectivity index (χ2n) is 10.1. The number of benzene rings is 2. The van der Waals surface area contributed by atoms with Crippen molar-refractivity contribution in [3.8, 4) is 16.9 Å². The molecule has 2 aromatic carbocycles. The van der Waals surface area contributed by atoms with Gasteiger partial charge in [0.25, 0.3) is 0 Å². The summed E-state index contributed by atoms with van der Waals surface area (Å²) in [6.45, 7) is 1.74. The molecule has 4 aromatic rings. The topological polar surface area (TPSA) is 104 Å². The van der Waals surface area contributed by atoms with E-state index in [1.165, 1.54) is 0 Å². The largest absolute Gasteiger partial charge is 0.505 e. The van der Waals surface area contributed by atoms with Crippen LogP contribution in [0, 0.1) is 5.92 Å². The van der Waals surface area contributed by atoms with Crippen LogP contribution in [0.2, 0.25) is 10.0 Å². The number of ketones is 1. The normalized spacial score (nSPS) is 17.1. The number of phenolic OH excluding ortho intramolecular Hbond substituents is 1. The molecule has 0 spiro atoms. The lowest BCUT2D eigenvalue weighted by atomic mass is 9.99. The van der Waals surface area contributed by atoms with Gasteiger partial charge in [0, 0.05) is 36.6 Å². The summed E-state index contributed by atoms with van der Waals surface area (Å²) in [7, 11) is 0. The molecular formula is C29H28Cl3N5O2. The zero-order valence-corrected chi connectivity index (χ0v) is 23.4. The molecule has 1 aliphatic carbocycles. The Morgan fingerprint density at radius 3 is 2.44 bits per heavy atom. The highest BCUT2D eigenvalue weighted by Gasteiger charge is 2.32. The number of halogens is 3. The number of nitrogens with two attached hydrogens (primary N) is 1. The first-order chi connectivity index (χ1) is 18.4. The summed E-state index contributed by atoms with van der Waals surface area (Å²) >= 11 is 12.4. The molecule has 7 nitrogen and oxygen atoms in total. The first-order valence-electron chi connectivity index (χ1n) is 12.8. The number of hydrogen-bond acceptors (Lipinski definition) is 7. The maximum Gasteiger partial charge on any atom is 0.169 e. The van der Waals surface area contributed by atoms with Gasteiger partial charge in [0.15, 0.2) is 11.5 Å². The molecule has 10 heteroatoms. The average Bonchev–Trinajstić information content (AvgIpc) is 3.77. The molecule has 2 aromatic heterocycles. The Hall–Kier alpha value is -3.10. The fraction of sp³-hybridized carbons (Fsp3) is 0.276. The van der Waals surface area contributed by atoms with E-state index in [2.05, 4.69) is 20.2 Å². The van der Waals surface area contributed by atoms with E-state index in [4.69, 9.17) is 28.9 Å². The van der Waals surface area contributed by atoms with Crippen molar-refractivity contribution in [3.63, 3.8) is 0 Å². The van der Waals surface area contributed by atoms with Crippen LogP contribution in [0.4, 0.5) is 17.2 Å². The highest BCUT2D eigenvalue weighted by molar-refractivity contribution is 6.37. The first-order valence-corrected chi connectivity index (χ1v) is 13.5. The van der Waals surface area contributed by atoms with Crippen molar-refractivity contribution in [1.82, 2.24) is 9.97 Å². The molecule has 2 fully saturated rings. The van der Waals surface area contributed by atoms with Gasteiger partial charge in [-0.2, -0.15) is 0 Å². The van der Waals surface area contributed by atoms with Crippen LogP contribution in [0.25, 0.3) is 22.0 Å². The molecular weight excluding hydrogens is 557 g/mol. The first kappa shape index (κ1) is 27.5. The number of fused-ring (bicyclic) bond motifs is 1. The number of nitrogens with zero attached hydrogens (tertiary/aromatic N) is 3. The number of carbonyl (C=O) groups excluding carboxylic acids is 1. The SMILES string of the molecule is Cl.N[C@H]1CCCN(c2ccc(Nc3c(C(=O)C4CC4)cnc4ccc(-c5cc(Cl)c(O)c(Cl)c5)cc34)cn2)C1. The molecule has 0 radical (unpaired) electrons. The van der Waals surface area contributed by atoms with E-state index in [1.54, 1.807) is 24.5 Å². The highest BCUT2D eigenvalue weighted by Crippen LogP contribution is 2.40. The van der Waals surface area contributed by atoms with Gasteiger partial charge in [0.1, 0.15) is 5.82 Å². The summed E-state index contributed by atoms with van der Waals surface area (Å²) < 4.78 is 0. The minimum Gasteiger partial charge on any atom is -0.505 e. The molecule has 1 aliphatic heterocycles. The summed E-state index contributed by atoms with van der Waals surface area (Å²) in [5.74, 6) is 0.871. The molecule has 6 rings (SSSR count). The predicted octanol–water partition coefficient (Wildman–Crippen LogP) is 6.99. The molecule has 0 unspecified atom stereocenters. The Morgan fingerprint density at radius 2 is 1.77 bits per heavy atom. The molecule has 1 atom stereocenters. The van der Waals surface area contributed by atoms with E-state index in [1.807, 2.05) is 30.3 Å². The second-order valence-corrected chi connectivity index (χ2v) is 10.9. The zero-order chi connectivity index (χ0) is 26.4. The summed E-state index contributed by atoms with van der Waals surface area (Å²) in [6, 6.07) is 13.2. The molecule has 3 heterocycles. The fourth-order valence-electron chi connectivity index (χ4n) is 5.00. The number of Topliss-reactive ketones (excluding diaryl/α,β-unsaturated/α-hetero) is 1. The number of phenols is 1. The number of anilines is 3. The van der Waals surface area contributed by atoms with Gasteiger partial charge in [-0.25, -0.2) is 4.98 Å². The third kappa shape index (κ3) is 5.63. The number of aromatic hydroxyl groups is 1. The second kappa shape index (κ2) is 11.2. The monoisotopic (exact) mass is 583 g/mol. The van der Waals surface area contributed by atoms with Crippen LogP contribution in [0.5, 0.6) is 5.75 Å². The Kier molecular flexibility index (Phi) is 7.87. The Balaban J connectivity index is 0.00000308. The van der Waals surface area contributed by atoms with Crippen LogP contribution in [-0.2, 0) is 0 Å². The number of piperidine rings is 1. The van der Waals surface area contributed by atoms with Crippen LogP contribution in [-0.4, -0.2) is 40.0 Å². The minimum atomic E-state index is -0.151. The molecule has 1 saturated heterocycles. The summed E-state index contributed by atoms with van der Waals surface area (Å²) in [5, 5.41) is 14.6. The Morgan fingerprint density at radius 1 is 1.00 bits per heavy atom. The molecule has 0 amide bonds. The molecule has 202 valence electrons. The maximum atomic E-state index is 13.3. The lowest BCUT2D eigenvalue weighted by Gasteiger charge is -2.31. The van der Waals surface area contributed by atoms with Gasteiger partial charge in [-0.3, -0.25) is 9.78 Å². The van der Waals surface area contributed by atoms with Gasteiger partial charge in [0.05, 0.1) is 38.7 Å². The standard InChI is InChI=1S/C29H27Cl2N5O2.ClH/c30-23-11-18(12-24(31)29(23)38)17-5-7-25-21(10-17)27(22(14-33-25)28(37)16-3-4-16)35-20-6-8-26(34-13-20)36-9-1-2-19(32)15-36;/h5-8,10-14,16,19,38H,1-4,9,15,32H2,(H,33,35);1H/t19-;/m0./s1. The van der Waals surface area contributed by atoms with Crippen LogP contribution in [0.1, 0.15) is 36.0 Å². The van der Waals surface area contributed by atoms with E-state index >= 15 is 0 Å². The van der Waals surface area contributed by atoms with Gasteiger partial charge in [-0.1, -0.05) is 29.3 Å². The summed E-state index contributed by atoms with van der Waals surface area (Å²) in [4.78, 5) is 24.7. The number of carbonyl (C=O) groups is 1. The Bertz CT molecular complexity index is 1520. The quantitative estimate of drug-likeness (QED) is 0.210. The van der Waals surface area contributed by atoms with Crippen molar-refractivity contribution in [2.45, 2.75) is 31.7 Å². The zero-order valence-electron chi connectivity index (χ0n) is 21.0. The van der Waals surface area contributed by atoms with Crippen LogP contribution >= 0.6 is 35.6 Å². The van der Waals surface area contributed by atoms with Gasteiger partial charge in [-0.05, 0) is 73.2 Å². The van der Waals surface area contributed by atoms with E-state index < -0.39 is 0 Å². The number of rotatable bonds is 6. The van der Waals surface area contributed by atoms with Crippen molar-refractivity contribution < 1.29 is 9.90 Å². The predicted molar refractivity (Wildman–Crippen MR) is 160 cm³/mol. The minimum absolute atomic E-state index is 0. The maximum absolute atomic E-state index is 13.3. The lowest BCUT2D eigenvalue weighted by molar-refractivity contribution is 0.0968. The van der Waals surface area contributed by atoms with E-state index in [9.17, 15) is 9.90 Å². The number of aromatic nitrogens is 2. The number of nitrogens with one attached hydrogen (secondary N) is 1. The van der Waals surface area contributed by atoms with Crippen molar-refractivity contribution in [2.75, 3.05) is 23.3 Å². The third-order valence-corrected chi connectivity index (χ3v) is 7.81. The van der Waals surface area contributed by atoms with Crippen LogP contribution < -0.4 is 16.0 Å². The van der Waals surface area contributed by atoms with E-state index in [0.29, 0.717) is 11.3 Å². The third-order valence-electron chi connectivity index (χ3n) is 7.23. The molecule has 0 bridgehead atoms. The van der Waals surface area contributed by atoms with Gasteiger partial charge >= 0.3 is 0 Å². The van der Waals surface area contributed by atoms with Crippen molar-refractivity contribution in [3.05, 3.63) is 70.5 Å². The van der Waals surface area contributed by atoms with Gasteiger partial charge < -0.3 is 21.1 Å². The van der Waals surface area contributed by atoms with Gasteiger partial charge in [-0.15, -0.1) is 12.4 Å². The summed E-state index contributed by atoms with van der Waals surface area (Å²) in [6.07, 6.45) is 7.34. The van der Waals surface area contributed by atoms with Crippen molar-refractivity contribution in [1.29, 1.82) is 0 Å². The molecule has 1 saturated carbocycles. The highest BCUT2D eigenvalue weighted by atomic mass is 35.5. The molecule has 2 aliphatic rings. The van der Waals surface area contributed by atoms with E-state index in [-0.39, 0.29) is 45.9 Å². The summed E-state index contributed by atoms with van der Waals surface area (Å²) in [5.41, 5.74) is 10.5. The number of pyridine rings is 2. The average molecular weight is 585 g/mol.